The van der Waals surface area contributed by atoms with E-state index in [1.807, 2.05) is 12.1 Å². The first-order valence-corrected chi connectivity index (χ1v) is 8.81. The zero-order valence-corrected chi connectivity index (χ0v) is 15.7. The number of benzene rings is 1. The summed E-state index contributed by atoms with van der Waals surface area (Å²) in [6.07, 6.45) is 0.610. The van der Waals surface area contributed by atoms with Crippen molar-refractivity contribution in [3.05, 3.63) is 68.0 Å². The molecule has 1 atom stereocenters. The molecular weight excluding hydrogens is 392 g/mol. The van der Waals surface area contributed by atoms with E-state index in [0.29, 0.717) is 16.5 Å². The highest BCUT2D eigenvalue weighted by Crippen LogP contribution is 2.41. The first kappa shape index (κ1) is 19.8. The van der Waals surface area contributed by atoms with Crippen LogP contribution in [-0.2, 0) is 20.9 Å². The number of pyridine rings is 1. The number of nitrogens with zero attached hydrogens (tertiary/aromatic N) is 2. The molecule has 0 radical (unpaired) electrons. The third-order valence-corrected chi connectivity index (χ3v) is 4.34. The smallest absolute Gasteiger partial charge is 0.434 e. The van der Waals surface area contributed by atoms with E-state index in [1.165, 1.54) is 0 Å². The second kappa shape index (κ2) is 8.85. The first-order valence-electron chi connectivity index (χ1n) is 8.43. The maximum atomic E-state index is 11.9. The summed E-state index contributed by atoms with van der Waals surface area (Å²) in [7, 11) is 0. The number of hydrogen-bond donors (Lipinski definition) is 0. The van der Waals surface area contributed by atoms with E-state index < -0.39 is 11.2 Å². The highest BCUT2D eigenvalue weighted by atomic mass is 35.5. The predicted molar refractivity (Wildman–Crippen MR) is 96.6 cm³/mol. The fourth-order valence-corrected chi connectivity index (χ4v) is 2.92. The number of hydrogen-bond acceptors (Lipinski definition) is 8. The highest BCUT2D eigenvalue weighted by molar-refractivity contribution is 6.30. The lowest BCUT2D eigenvalue weighted by molar-refractivity contribution is -0.757. The van der Waals surface area contributed by atoms with Gasteiger partial charge in [0.2, 0.25) is 0 Å². The minimum absolute atomic E-state index is 0.0714. The molecule has 1 aliphatic rings. The van der Waals surface area contributed by atoms with Crippen LogP contribution in [0.4, 0.5) is 4.79 Å². The molecule has 0 fully saturated rings. The molecule has 148 valence electrons. The molecule has 28 heavy (non-hydrogen) atoms. The second-order valence-corrected chi connectivity index (χ2v) is 6.40. The van der Waals surface area contributed by atoms with Crippen molar-refractivity contribution in [1.82, 2.24) is 4.98 Å². The maximum absolute atomic E-state index is 11.9. The molecule has 1 unspecified atom stereocenters. The summed E-state index contributed by atoms with van der Waals surface area (Å²) in [6, 6.07) is 7.28. The molecule has 2 aromatic rings. The lowest BCUT2D eigenvalue weighted by Crippen LogP contribution is -2.15. The normalized spacial score (nSPS) is 15.0. The number of halogens is 1. The van der Waals surface area contributed by atoms with E-state index in [1.54, 1.807) is 25.3 Å². The number of rotatable bonds is 7. The van der Waals surface area contributed by atoms with E-state index in [9.17, 15) is 14.9 Å². The maximum Gasteiger partial charge on any atom is 0.513 e. The molecule has 0 saturated carbocycles. The third kappa shape index (κ3) is 4.68. The standard InChI is InChI=1S/C18H17ClN2O7/c1-11-16(28-18(22)25-7-2-8-27-21(23)24)15-10-26-17(14(15)9-20-11)12-3-5-13(19)6-4-12/h3-6,9,17H,2,7-8,10H2,1H3. The van der Waals surface area contributed by atoms with Crippen LogP contribution in [0.25, 0.3) is 0 Å². The zero-order valence-electron chi connectivity index (χ0n) is 14.9. The number of carbonyl (C=O) groups is 1. The largest absolute Gasteiger partial charge is 0.513 e. The minimum atomic E-state index is -0.922. The van der Waals surface area contributed by atoms with E-state index in [-0.39, 0.29) is 32.3 Å². The van der Waals surface area contributed by atoms with Gasteiger partial charge in [-0.1, -0.05) is 23.7 Å². The molecule has 0 aliphatic carbocycles. The summed E-state index contributed by atoms with van der Waals surface area (Å²) in [4.78, 5) is 30.4. The molecule has 0 N–H and O–H groups in total. The molecule has 3 rings (SSSR count). The van der Waals surface area contributed by atoms with Crippen LogP contribution in [0.15, 0.2) is 30.5 Å². The highest BCUT2D eigenvalue weighted by Gasteiger charge is 2.30. The van der Waals surface area contributed by atoms with Crippen LogP contribution >= 0.6 is 11.6 Å². The average molecular weight is 409 g/mol. The summed E-state index contributed by atoms with van der Waals surface area (Å²) >= 11 is 5.93. The Morgan fingerprint density at radius 1 is 1.36 bits per heavy atom. The Balaban J connectivity index is 1.67. The van der Waals surface area contributed by atoms with Crippen LogP contribution in [0.3, 0.4) is 0 Å². The summed E-state index contributed by atoms with van der Waals surface area (Å²) in [5, 5.41) is 9.77. The molecule has 0 spiro atoms. The average Bonchev–Trinajstić information content (AvgIpc) is 3.08. The number of carbonyl (C=O) groups excluding carboxylic acids is 1. The molecule has 1 aliphatic heterocycles. The van der Waals surface area contributed by atoms with E-state index in [2.05, 4.69) is 9.82 Å². The van der Waals surface area contributed by atoms with Gasteiger partial charge in [0.25, 0.3) is 5.09 Å². The van der Waals surface area contributed by atoms with Crippen molar-refractivity contribution in [3.8, 4) is 5.75 Å². The SMILES string of the molecule is Cc1ncc2c(c1OC(=O)OCCCO[N+](=O)[O-])COC2c1ccc(Cl)cc1. The quantitative estimate of drug-likeness (QED) is 0.294. The molecule has 2 heterocycles. The van der Waals surface area contributed by atoms with Crippen molar-refractivity contribution in [3.63, 3.8) is 0 Å². The first-order chi connectivity index (χ1) is 13.5. The Labute approximate surface area is 165 Å². The summed E-state index contributed by atoms with van der Waals surface area (Å²) in [5.74, 6) is 0.292. The van der Waals surface area contributed by atoms with Crippen molar-refractivity contribution in [2.75, 3.05) is 13.2 Å². The van der Waals surface area contributed by atoms with Crippen LogP contribution in [0.5, 0.6) is 5.75 Å². The van der Waals surface area contributed by atoms with Gasteiger partial charge in [-0.15, -0.1) is 10.1 Å². The van der Waals surface area contributed by atoms with E-state index in [4.69, 9.17) is 25.8 Å². The third-order valence-electron chi connectivity index (χ3n) is 4.09. The summed E-state index contributed by atoms with van der Waals surface area (Å²) in [6.45, 7) is 1.73. The monoisotopic (exact) mass is 408 g/mol. The van der Waals surface area contributed by atoms with Crippen molar-refractivity contribution in [2.24, 2.45) is 0 Å². The Morgan fingerprint density at radius 3 is 2.82 bits per heavy atom. The Hall–Kier alpha value is -2.91. The van der Waals surface area contributed by atoms with Gasteiger partial charge in [0.1, 0.15) is 6.10 Å². The zero-order chi connectivity index (χ0) is 20.1. The van der Waals surface area contributed by atoms with E-state index in [0.717, 1.165) is 16.7 Å². The molecule has 0 amide bonds. The van der Waals surface area contributed by atoms with Gasteiger partial charge in [-0.2, -0.15) is 0 Å². The number of aromatic nitrogens is 1. The lowest BCUT2D eigenvalue weighted by atomic mass is 10.0. The van der Waals surface area contributed by atoms with Gasteiger partial charge in [-0.3, -0.25) is 4.98 Å². The van der Waals surface area contributed by atoms with Gasteiger partial charge >= 0.3 is 6.16 Å². The molecule has 0 saturated heterocycles. The molecule has 0 bridgehead atoms. The topological polar surface area (TPSA) is 110 Å². The van der Waals surface area contributed by atoms with Crippen molar-refractivity contribution in [1.29, 1.82) is 0 Å². The molecule has 9 nitrogen and oxygen atoms in total. The van der Waals surface area contributed by atoms with Gasteiger partial charge in [0.15, 0.2) is 5.75 Å². The van der Waals surface area contributed by atoms with Crippen LogP contribution in [-0.4, -0.2) is 29.4 Å². The van der Waals surface area contributed by atoms with Crippen LogP contribution < -0.4 is 4.74 Å². The van der Waals surface area contributed by atoms with Gasteiger partial charge in [-0.05, 0) is 24.6 Å². The number of fused-ring (bicyclic) bond motifs is 1. The van der Waals surface area contributed by atoms with Crippen LogP contribution in [0, 0.1) is 17.0 Å². The number of ether oxygens (including phenoxy) is 3. The van der Waals surface area contributed by atoms with Crippen molar-refractivity contribution < 1.29 is 28.9 Å². The van der Waals surface area contributed by atoms with Gasteiger partial charge in [0.05, 0.1) is 25.5 Å². The second-order valence-electron chi connectivity index (χ2n) is 5.96. The van der Waals surface area contributed by atoms with Gasteiger partial charge in [0, 0.05) is 28.8 Å². The Morgan fingerprint density at radius 2 is 2.11 bits per heavy atom. The Bertz CT molecular complexity index is 873. The predicted octanol–water partition coefficient (Wildman–Crippen LogP) is 3.78. The fourth-order valence-electron chi connectivity index (χ4n) is 2.80. The molecule has 10 heteroatoms. The minimum Gasteiger partial charge on any atom is -0.434 e. The molecule has 1 aromatic heterocycles. The van der Waals surface area contributed by atoms with Crippen LogP contribution in [0.2, 0.25) is 5.02 Å². The van der Waals surface area contributed by atoms with Crippen LogP contribution in [0.1, 0.15) is 34.9 Å². The Kier molecular flexibility index (Phi) is 6.27. The number of aryl methyl sites for hydroxylation is 1. The fraction of sp³-hybridized carbons (Fsp3) is 0.333. The van der Waals surface area contributed by atoms with Gasteiger partial charge in [-0.25, -0.2) is 4.79 Å². The van der Waals surface area contributed by atoms with E-state index >= 15 is 0 Å². The summed E-state index contributed by atoms with van der Waals surface area (Å²) in [5.41, 5.74) is 2.96. The molecular formula is C18H17ClN2O7. The summed E-state index contributed by atoms with van der Waals surface area (Å²) < 4.78 is 16.1. The van der Waals surface area contributed by atoms with Crippen molar-refractivity contribution >= 4 is 17.8 Å². The van der Waals surface area contributed by atoms with Crippen molar-refractivity contribution in [2.45, 2.75) is 26.1 Å². The van der Waals surface area contributed by atoms with Gasteiger partial charge < -0.3 is 19.0 Å². The molecule has 1 aromatic carbocycles. The lowest BCUT2D eigenvalue weighted by Gasteiger charge is -2.13.